The maximum Gasteiger partial charge on any atom is 0.408 e. The molecule has 0 spiro atoms. The number of carbonyl (C=O) groups is 2. The van der Waals surface area contributed by atoms with Gasteiger partial charge in [0.1, 0.15) is 11.0 Å². The van der Waals surface area contributed by atoms with E-state index in [0.29, 0.717) is 0 Å². The van der Waals surface area contributed by atoms with Gasteiger partial charge in [0.25, 0.3) is 0 Å². The van der Waals surface area contributed by atoms with Gasteiger partial charge in [0.15, 0.2) is 6.10 Å². The molecule has 0 aliphatic carbocycles. The molecule has 0 aromatic heterocycles. The molecule has 1 amide bonds. The summed E-state index contributed by atoms with van der Waals surface area (Å²) in [5.74, 6) is -1.42. The zero-order valence-corrected chi connectivity index (χ0v) is 12.9. The van der Waals surface area contributed by atoms with Gasteiger partial charge in [-0.2, -0.15) is 0 Å². The number of benzene rings is 1. The van der Waals surface area contributed by atoms with Gasteiger partial charge in [-0.15, -0.1) is 0 Å². The van der Waals surface area contributed by atoms with E-state index in [9.17, 15) is 14.7 Å². The predicted molar refractivity (Wildman–Crippen MR) is 79.1 cm³/mol. The lowest BCUT2D eigenvalue weighted by atomic mass is 10.2. The second-order valence-electron chi connectivity index (χ2n) is 5.28. The average Bonchev–Trinajstić information content (AvgIpc) is 2.36. The van der Waals surface area contributed by atoms with Crippen LogP contribution in [0.15, 0.2) is 35.2 Å². The van der Waals surface area contributed by atoms with Crippen LogP contribution in [-0.2, 0) is 9.53 Å². The molecule has 0 heterocycles. The van der Waals surface area contributed by atoms with Crippen molar-refractivity contribution in [2.45, 2.75) is 42.7 Å². The molecule has 1 aromatic rings. The van der Waals surface area contributed by atoms with Crippen molar-refractivity contribution in [1.29, 1.82) is 0 Å². The number of thioether (sulfide) groups is 1. The van der Waals surface area contributed by atoms with Crippen molar-refractivity contribution in [3.8, 4) is 0 Å². The molecule has 7 heteroatoms. The monoisotopic (exact) mass is 313 g/mol. The molecule has 0 saturated carbocycles. The fraction of sp³-hybridized carbons (Fsp3) is 0.429. The van der Waals surface area contributed by atoms with E-state index in [0.717, 1.165) is 16.7 Å². The van der Waals surface area contributed by atoms with Crippen LogP contribution < -0.4 is 5.32 Å². The number of carbonyl (C=O) groups excluding carboxylic acids is 1. The van der Waals surface area contributed by atoms with Crippen LogP contribution in [0.5, 0.6) is 0 Å². The summed E-state index contributed by atoms with van der Waals surface area (Å²) in [5, 5.41) is 19.9. The van der Waals surface area contributed by atoms with Gasteiger partial charge in [-0.1, -0.05) is 30.0 Å². The Morgan fingerprint density at radius 2 is 1.81 bits per heavy atom. The van der Waals surface area contributed by atoms with E-state index >= 15 is 0 Å². The Balaban J connectivity index is 2.78. The number of hydrogen-bond donors (Lipinski definition) is 3. The normalized spacial score (nSPS) is 14.1. The minimum Gasteiger partial charge on any atom is -0.479 e. The van der Waals surface area contributed by atoms with Crippen LogP contribution in [0.4, 0.5) is 4.79 Å². The summed E-state index contributed by atoms with van der Waals surface area (Å²) < 4.78 is 5.07. The number of aliphatic hydroxyl groups excluding tert-OH is 1. The molecule has 0 radical (unpaired) electrons. The Morgan fingerprint density at radius 3 is 2.29 bits per heavy atom. The summed E-state index contributed by atoms with van der Waals surface area (Å²) in [6.07, 6.45) is -2.53. The van der Waals surface area contributed by atoms with Crippen LogP contribution in [0.3, 0.4) is 0 Å². The number of carboxylic acid groups (broad SMARTS) is 1. The zero-order valence-electron chi connectivity index (χ0n) is 12.1. The number of ether oxygens (including phenoxy) is 1. The van der Waals surface area contributed by atoms with Gasteiger partial charge in [-0.25, -0.2) is 9.59 Å². The number of rotatable bonds is 5. The molecule has 116 valence electrons. The third-order valence-electron chi connectivity index (χ3n) is 2.21. The lowest BCUT2D eigenvalue weighted by molar-refractivity contribution is -0.146. The topological polar surface area (TPSA) is 95.9 Å². The van der Waals surface area contributed by atoms with Crippen molar-refractivity contribution < 1.29 is 24.5 Å². The minimum atomic E-state index is -1.75. The Kier molecular flexibility index (Phi) is 6.04. The molecule has 0 unspecified atom stereocenters. The van der Waals surface area contributed by atoms with Crippen molar-refractivity contribution in [3.05, 3.63) is 30.3 Å². The van der Waals surface area contributed by atoms with Gasteiger partial charge in [-0.05, 0) is 32.9 Å². The number of nitrogens with one attached hydrogen (secondary N) is 1. The van der Waals surface area contributed by atoms with E-state index in [1.807, 2.05) is 6.07 Å². The zero-order chi connectivity index (χ0) is 16.0. The Hall–Kier alpha value is -1.73. The quantitative estimate of drug-likeness (QED) is 0.569. The first-order chi connectivity index (χ1) is 9.69. The molecule has 0 aliphatic rings. The fourth-order valence-corrected chi connectivity index (χ4v) is 2.38. The Bertz CT molecular complexity index is 486. The molecule has 21 heavy (non-hydrogen) atoms. The van der Waals surface area contributed by atoms with Crippen LogP contribution in [0.25, 0.3) is 0 Å². The van der Waals surface area contributed by atoms with Crippen molar-refractivity contribution >= 4 is 23.8 Å². The summed E-state index contributed by atoms with van der Waals surface area (Å²) in [5.41, 5.74) is -0.708. The van der Waals surface area contributed by atoms with Crippen molar-refractivity contribution in [2.24, 2.45) is 0 Å². The predicted octanol–water partition coefficient (Wildman–Crippen LogP) is 2.07. The first kappa shape index (κ1) is 17.3. The molecule has 2 atom stereocenters. The molecule has 0 bridgehead atoms. The molecule has 0 aliphatic heterocycles. The van der Waals surface area contributed by atoms with Gasteiger partial charge in [0.2, 0.25) is 0 Å². The first-order valence-corrected chi connectivity index (χ1v) is 7.19. The van der Waals surface area contributed by atoms with Crippen molar-refractivity contribution in [1.82, 2.24) is 5.32 Å². The summed E-state index contributed by atoms with van der Waals surface area (Å²) in [7, 11) is 0. The van der Waals surface area contributed by atoms with Gasteiger partial charge < -0.3 is 20.3 Å². The van der Waals surface area contributed by atoms with E-state index in [2.05, 4.69) is 5.32 Å². The molecule has 0 saturated heterocycles. The molecule has 3 N–H and O–H groups in total. The highest BCUT2D eigenvalue weighted by Gasteiger charge is 2.30. The van der Waals surface area contributed by atoms with Crippen LogP contribution in [0.1, 0.15) is 20.8 Å². The third-order valence-corrected chi connectivity index (χ3v) is 3.38. The summed E-state index contributed by atoms with van der Waals surface area (Å²) in [4.78, 5) is 23.4. The number of aliphatic carboxylic acids is 1. The van der Waals surface area contributed by atoms with E-state index in [4.69, 9.17) is 9.84 Å². The third kappa shape index (κ3) is 6.50. The number of alkyl carbamates (subject to hydrolysis) is 1. The van der Waals surface area contributed by atoms with Crippen LogP contribution in [-0.4, -0.2) is 39.4 Å². The first-order valence-electron chi connectivity index (χ1n) is 6.31. The summed E-state index contributed by atoms with van der Waals surface area (Å²) in [6.45, 7) is 5.08. The van der Waals surface area contributed by atoms with Gasteiger partial charge in [-0.3, -0.25) is 0 Å². The highest BCUT2D eigenvalue weighted by Crippen LogP contribution is 2.24. The SMILES string of the molecule is CC(C)(C)OC(=O)N[C@@H](Sc1ccccc1)[C@H](O)C(=O)O. The largest absolute Gasteiger partial charge is 0.479 e. The van der Waals surface area contributed by atoms with Crippen LogP contribution in [0.2, 0.25) is 0 Å². The minimum absolute atomic E-state index is 0.708. The lowest BCUT2D eigenvalue weighted by Crippen LogP contribution is -2.46. The molecule has 6 nitrogen and oxygen atoms in total. The number of hydrogen-bond acceptors (Lipinski definition) is 5. The average molecular weight is 313 g/mol. The number of aliphatic hydroxyl groups is 1. The fourth-order valence-electron chi connectivity index (χ4n) is 1.37. The standard InChI is InChI=1S/C14H19NO5S/c1-14(2,3)20-13(19)15-11(10(16)12(17)18)21-9-7-5-4-6-8-9/h4-8,10-11,16H,1-3H3,(H,15,19)(H,17,18)/t10-,11-/m0/s1. The van der Waals surface area contributed by atoms with E-state index in [1.54, 1.807) is 45.0 Å². The summed E-state index contributed by atoms with van der Waals surface area (Å²) in [6, 6.07) is 8.88. The molecule has 1 aromatic carbocycles. The van der Waals surface area contributed by atoms with E-state index < -0.39 is 29.1 Å². The van der Waals surface area contributed by atoms with Crippen molar-refractivity contribution in [2.75, 3.05) is 0 Å². The van der Waals surface area contributed by atoms with Crippen LogP contribution >= 0.6 is 11.8 Å². The van der Waals surface area contributed by atoms with Gasteiger partial charge in [0, 0.05) is 4.90 Å². The maximum absolute atomic E-state index is 11.7. The molecule has 1 rings (SSSR count). The number of carboxylic acids is 1. The second-order valence-corrected chi connectivity index (χ2v) is 6.50. The molecular formula is C14H19NO5S. The summed E-state index contributed by atoms with van der Waals surface area (Å²) >= 11 is 1.04. The lowest BCUT2D eigenvalue weighted by Gasteiger charge is -2.24. The van der Waals surface area contributed by atoms with E-state index in [1.165, 1.54) is 0 Å². The highest BCUT2D eigenvalue weighted by molar-refractivity contribution is 8.00. The molecule has 0 fully saturated rings. The second kappa shape index (κ2) is 7.33. The molecular weight excluding hydrogens is 294 g/mol. The van der Waals surface area contributed by atoms with E-state index in [-0.39, 0.29) is 0 Å². The maximum atomic E-state index is 11.7. The number of amides is 1. The van der Waals surface area contributed by atoms with Crippen molar-refractivity contribution in [3.63, 3.8) is 0 Å². The highest BCUT2D eigenvalue weighted by atomic mass is 32.2. The smallest absolute Gasteiger partial charge is 0.408 e. The van der Waals surface area contributed by atoms with Gasteiger partial charge in [0.05, 0.1) is 0 Å². The van der Waals surface area contributed by atoms with Gasteiger partial charge >= 0.3 is 12.1 Å². The van der Waals surface area contributed by atoms with Crippen LogP contribution in [0, 0.1) is 0 Å². The Labute approximate surface area is 127 Å². The Morgan fingerprint density at radius 1 is 1.24 bits per heavy atom.